The largest absolute Gasteiger partial charge is 0.458 e. The Balaban J connectivity index is 2.15. The standard InChI is InChI=1S/C9H13O/c1-2-3-4-6-9-7-5-8-10-9/h5,7H,2-4,6H2,1H3. The van der Waals surface area contributed by atoms with E-state index in [4.69, 9.17) is 4.42 Å². The zero-order valence-electron chi connectivity index (χ0n) is 6.39. The molecule has 1 radical (unpaired) electrons. The summed E-state index contributed by atoms with van der Waals surface area (Å²) in [5, 5.41) is 0. The van der Waals surface area contributed by atoms with E-state index in [0.717, 1.165) is 12.2 Å². The molecule has 0 aliphatic heterocycles. The van der Waals surface area contributed by atoms with Gasteiger partial charge in [-0.1, -0.05) is 19.8 Å². The lowest BCUT2D eigenvalue weighted by Gasteiger charge is -1.92. The first kappa shape index (κ1) is 7.39. The number of aryl methyl sites for hydroxylation is 1. The van der Waals surface area contributed by atoms with Crippen molar-refractivity contribution in [2.24, 2.45) is 0 Å². The van der Waals surface area contributed by atoms with Crippen molar-refractivity contribution >= 4 is 0 Å². The predicted octanol–water partition coefficient (Wildman–Crippen LogP) is 2.81. The fourth-order valence-electron chi connectivity index (χ4n) is 0.954. The molecule has 0 N–H and O–H groups in total. The van der Waals surface area contributed by atoms with Gasteiger partial charge in [0.25, 0.3) is 0 Å². The molecule has 1 nitrogen and oxygen atoms in total. The molecule has 0 atom stereocenters. The second-order valence-corrected chi connectivity index (χ2v) is 2.48. The van der Waals surface area contributed by atoms with Crippen LogP contribution in [0.2, 0.25) is 0 Å². The summed E-state index contributed by atoms with van der Waals surface area (Å²) < 4.78 is 5.06. The summed E-state index contributed by atoms with van der Waals surface area (Å²) in [4.78, 5) is 0. The third kappa shape index (κ3) is 2.26. The number of rotatable bonds is 4. The molecule has 0 aromatic carbocycles. The van der Waals surface area contributed by atoms with Crippen LogP contribution >= 0.6 is 0 Å². The van der Waals surface area contributed by atoms with Crippen LogP contribution in [0.3, 0.4) is 0 Å². The Kier molecular flexibility index (Phi) is 3.07. The van der Waals surface area contributed by atoms with Crippen LogP contribution in [0.15, 0.2) is 16.5 Å². The third-order valence-electron chi connectivity index (χ3n) is 1.55. The highest BCUT2D eigenvalue weighted by Crippen LogP contribution is 2.05. The van der Waals surface area contributed by atoms with Crippen molar-refractivity contribution in [3.8, 4) is 0 Å². The maximum atomic E-state index is 5.06. The van der Waals surface area contributed by atoms with Gasteiger partial charge in [-0.25, -0.2) is 0 Å². The van der Waals surface area contributed by atoms with Crippen molar-refractivity contribution in [3.63, 3.8) is 0 Å². The van der Waals surface area contributed by atoms with Gasteiger partial charge in [-0.3, -0.25) is 0 Å². The summed E-state index contributed by atoms with van der Waals surface area (Å²) in [5.74, 6) is 1.06. The Bertz CT molecular complexity index is 153. The fraction of sp³-hybridized carbons (Fsp3) is 0.556. The molecular weight excluding hydrogens is 124 g/mol. The minimum atomic E-state index is 1.06. The summed E-state index contributed by atoms with van der Waals surface area (Å²) in [6, 6.07) is 3.80. The number of hydrogen-bond acceptors (Lipinski definition) is 1. The lowest BCUT2D eigenvalue weighted by Crippen LogP contribution is -1.80. The molecule has 55 valence electrons. The molecule has 0 fully saturated rings. The molecule has 0 bridgehead atoms. The first-order valence-electron chi connectivity index (χ1n) is 3.88. The summed E-state index contributed by atoms with van der Waals surface area (Å²) in [6.45, 7) is 2.20. The Labute approximate surface area is 62.1 Å². The molecule has 0 amide bonds. The van der Waals surface area contributed by atoms with Crippen molar-refractivity contribution in [1.29, 1.82) is 0 Å². The molecular formula is C9H13O. The highest BCUT2D eigenvalue weighted by Gasteiger charge is 1.93. The van der Waals surface area contributed by atoms with Crippen LogP contribution in [0.25, 0.3) is 0 Å². The van der Waals surface area contributed by atoms with E-state index in [9.17, 15) is 0 Å². The summed E-state index contributed by atoms with van der Waals surface area (Å²) in [7, 11) is 0. The summed E-state index contributed by atoms with van der Waals surface area (Å²) in [5.41, 5.74) is 0. The molecule has 0 aliphatic rings. The van der Waals surface area contributed by atoms with Gasteiger partial charge in [-0.15, -0.1) is 0 Å². The maximum absolute atomic E-state index is 5.06. The van der Waals surface area contributed by atoms with Gasteiger partial charge in [-0.05, 0) is 18.6 Å². The lowest BCUT2D eigenvalue weighted by molar-refractivity contribution is 0.490. The second-order valence-electron chi connectivity index (χ2n) is 2.48. The third-order valence-corrected chi connectivity index (χ3v) is 1.55. The van der Waals surface area contributed by atoms with Crippen LogP contribution < -0.4 is 0 Å². The first-order chi connectivity index (χ1) is 4.93. The van der Waals surface area contributed by atoms with Crippen molar-refractivity contribution in [1.82, 2.24) is 0 Å². The summed E-state index contributed by atoms with van der Waals surface area (Å²) in [6.07, 6.45) is 7.54. The lowest BCUT2D eigenvalue weighted by atomic mass is 10.2. The Morgan fingerprint density at radius 3 is 3.00 bits per heavy atom. The van der Waals surface area contributed by atoms with Gasteiger partial charge in [0.15, 0.2) is 6.26 Å². The highest BCUT2D eigenvalue weighted by molar-refractivity contribution is 4.96. The van der Waals surface area contributed by atoms with E-state index in [-0.39, 0.29) is 0 Å². The fourth-order valence-corrected chi connectivity index (χ4v) is 0.954. The topological polar surface area (TPSA) is 13.1 Å². The van der Waals surface area contributed by atoms with Crippen molar-refractivity contribution < 1.29 is 4.42 Å². The van der Waals surface area contributed by atoms with E-state index < -0.39 is 0 Å². The van der Waals surface area contributed by atoms with Gasteiger partial charge >= 0.3 is 0 Å². The van der Waals surface area contributed by atoms with Crippen LogP contribution in [0.5, 0.6) is 0 Å². The van der Waals surface area contributed by atoms with Crippen LogP contribution in [-0.4, -0.2) is 0 Å². The SMILES string of the molecule is CCCCCc1cc[c]o1. The highest BCUT2D eigenvalue weighted by atomic mass is 16.3. The van der Waals surface area contributed by atoms with Crippen LogP contribution in [-0.2, 0) is 6.42 Å². The minimum absolute atomic E-state index is 1.06. The van der Waals surface area contributed by atoms with E-state index in [1.54, 1.807) is 0 Å². The number of hydrogen-bond donors (Lipinski definition) is 0. The van der Waals surface area contributed by atoms with Crippen LogP contribution in [0, 0.1) is 6.26 Å². The molecule has 10 heavy (non-hydrogen) atoms. The van der Waals surface area contributed by atoms with E-state index in [1.165, 1.54) is 19.3 Å². The average molecular weight is 137 g/mol. The minimum Gasteiger partial charge on any atom is -0.458 e. The van der Waals surface area contributed by atoms with Crippen molar-refractivity contribution in [2.75, 3.05) is 0 Å². The second kappa shape index (κ2) is 4.15. The van der Waals surface area contributed by atoms with E-state index in [0.29, 0.717) is 0 Å². The monoisotopic (exact) mass is 137 g/mol. The van der Waals surface area contributed by atoms with Gasteiger partial charge in [0.1, 0.15) is 5.76 Å². The van der Waals surface area contributed by atoms with Gasteiger partial charge < -0.3 is 4.42 Å². The number of furan rings is 1. The van der Waals surface area contributed by atoms with E-state index >= 15 is 0 Å². The van der Waals surface area contributed by atoms with E-state index in [2.05, 4.69) is 13.2 Å². The zero-order valence-corrected chi connectivity index (χ0v) is 6.39. The van der Waals surface area contributed by atoms with E-state index in [1.807, 2.05) is 12.1 Å². The molecule has 1 rings (SSSR count). The molecule has 1 heteroatoms. The molecule has 0 spiro atoms. The maximum Gasteiger partial charge on any atom is 0.169 e. The van der Waals surface area contributed by atoms with Crippen LogP contribution in [0.4, 0.5) is 0 Å². The molecule has 1 aromatic heterocycles. The molecule has 0 saturated carbocycles. The van der Waals surface area contributed by atoms with Gasteiger partial charge in [0.2, 0.25) is 0 Å². The quantitative estimate of drug-likeness (QED) is 0.581. The normalized spacial score (nSPS) is 10.1. The number of unbranched alkanes of at least 4 members (excludes halogenated alkanes) is 2. The van der Waals surface area contributed by atoms with Gasteiger partial charge in [0.05, 0.1) is 0 Å². The van der Waals surface area contributed by atoms with Gasteiger partial charge in [0, 0.05) is 6.42 Å². The van der Waals surface area contributed by atoms with Crippen LogP contribution in [0.1, 0.15) is 31.9 Å². The predicted molar refractivity (Wildman–Crippen MR) is 40.8 cm³/mol. The Hall–Kier alpha value is -0.720. The Morgan fingerprint density at radius 1 is 1.50 bits per heavy atom. The smallest absolute Gasteiger partial charge is 0.169 e. The van der Waals surface area contributed by atoms with Crippen molar-refractivity contribution in [3.05, 3.63) is 24.2 Å². The molecule has 1 heterocycles. The molecule has 1 aromatic rings. The summed E-state index contributed by atoms with van der Waals surface area (Å²) >= 11 is 0. The van der Waals surface area contributed by atoms with Gasteiger partial charge in [-0.2, -0.15) is 0 Å². The molecule has 0 saturated heterocycles. The average Bonchev–Trinajstić information content (AvgIpc) is 2.41. The Morgan fingerprint density at radius 2 is 2.40 bits per heavy atom. The zero-order chi connectivity index (χ0) is 7.23. The molecule has 0 aliphatic carbocycles. The van der Waals surface area contributed by atoms with Crippen molar-refractivity contribution in [2.45, 2.75) is 32.6 Å². The molecule has 0 unspecified atom stereocenters. The first-order valence-corrected chi connectivity index (χ1v) is 3.88.